The zero-order valence-corrected chi connectivity index (χ0v) is 12.3. The molecule has 0 aliphatic rings. The molecular weight excluding hydrogens is 294 g/mol. The molecular formula is C13H11N3O2S2. The van der Waals surface area contributed by atoms with E-state index in [4.69, 9.17) is 21.4 Å². The summed E-state index contributed by atoms with van der Waals surface area (Å²) < 4.78 is 10.6. The molecule has 0 amide bonds. The minimum Gasteiger partial charge on any atom is -0.496 e. The lowest BCUT2D eigenvalue weighted by atomic mass is 10.1. The maximum atomic E-state index is 5.34. The Hall–Kier alpha value is -1.99. The molecule has 0 bridgehead atoms. The molecule has 3 rings (SSSR count). The van der Waals surface area contributed by atoms with Crippen molar-refractivity contribution in [3.05, 3.63) is 45.9 Å². The van der Waals surface area contributed by atoms with Gasteiger partial charge < -0.3 is 9.15 Å². The molecule has 0 radical (unpaired) electrons. The van der Waals surface area contributed by atoms with Crippen LogP contribution in [0.5, 0.6) is 5.75 Å². The van der Waals surface area contributed by atoms with Crippen molar-refractivity contribution < 1.29 is 9.15 Å². The van der Waals surface area contributed by atoms with Crippen LogP contribution in [0.15, 0.2) is 34.9 Å². The summed E-state index contributed by atoms with van der Waals surface area (Å²) in [6, 6.07) is 7.90. The van der Waals surface area contributed by atoms with Crippen molar-refractivity contribution in [3.63, 3.8) is 0 Å². The molecule has 0 atom stereocenters. The second-order valence-corrected chi connectivity index (χ2v) is 5.51. The van der Waals surface area contributed by atoms with Gasteiger partial charge in [-0.05, 0) is 18.3 Å². The first-order valence-electron chi connectivity index (χ1n) is 5.89. The fraction of sp³-hybridized carbons (Fsp3) is 0.154. The van der Waals surface area contributed by atoms with Gasteiger partial charge in [-0.15, -0.1) is 16.4 Å². The van der Waals surface area contributed by atoms with Crippen molar-refractivity contribution in [2.24, 2.45) is 0 Å². The molecule has 0 saturated heterocycles. The van der Waals surface area contributed by atoms with E-state index in [1.807, 2.05) is 24.3 Å². The number of hydrogen-bond acceptors (Lipinski definition) is 6. The molecule has 3 aromatic rings. The molecule has 7 heteroatoms. The van der Waals surface area contributed by atoms with Crippen LogP contribution in [0.25, 0.3) is 10.8 Å². The van der Waals surface area contributed by atoms with Crippen LogP contribution in [0, 0.1) is 4.84 Å². The third-order valence-electron chi connectivity index (χ3n) is 2.74. The Kier molecular flexibility index (Phi) is 3.62. The van der Waals surface area contributed by atoms with E-state index in [0.29, 0.717) is 12.3 Å². The average Bonchev–Trinajstić information content (AvgIpc) is 3.08. The molecule has 0 saturated carbocycles. The predicted octanol–water partition coefficient (Wildman–Crippen LogP) is 3.46. The van der Waals surface area contributed by atoms with Crippen LogP contribution in [0.4, 0.5) is 0 Å². The first-order valence-corrected chi connectivity index (χ1v) is 7.11. The van der Waals surface area contributed by atoms with Gasteiger partial charge in [-0.25, -0.2) is 10.1 Å². The summed E-state index contributed by atoms with van der Waals surface area (Å²) in [6.45, 7) is 0. The Morgan fingerprint density at radius 3 is 3.00 bits per heavy atom. The number of methoxy groups -OCH3 is 1. The van der Waals surface area contributed by atoms with E-state index in [-0.39, 0.29) is 4.84 Å². The molecule has 0 aliphatic carbocycles. The summed E-state index contributed by atoms with van der Waals surface area (Å²) >= 11 is 6.38. The number of nitrogens with zero attached hydrogens (tertiary/aromatic N) is 2. The number of hydrogen-bond donors (Lipinski definition) is 1. The van der Waals surface area contributed by atoms with Gasteiger partial charge in [-0.1, -0.05) is 18.2 Å². The van der Waals surface area contributed by atoms with E-state index in [2.05, 4.69) is 15.2 Å². The lowest BCUT2D eigenvalue weighted by molar-refractivity contribution is 0.410. The van der Waals surface area contributed by atoms with E-state index in [1.54, 1.807) is 13.3 Å². The van der Waals surface area contributed by atoms with E-state index >= 15 is 0 Å². The largest absolute Gasteiger partial charge is 0.496 e. The van der Waals surface area contributed by atoms with Gasteiger partial charge in [0.25, 0.3) is 10.7 Å². The lowest BCUT2D eigenvalue weighted by Crippen LogP contribution is -1.92. The maximum Gasteiger partial charge on any atom is 0.284 e. The highest BCUT2D eigenvalue weighted by Gasteiger charge is 2.11. The van der Waals surface area contributed by atoms with Gasteiger partial charge in [0, 0.05) is 12.0 Å². The molecule has 1 aromatic carbocycles. The normalized spacial score (nSPS) is 10.7. The molecule has 0 fully saturated rings. The van der Waals surface area contributed by atoms with Gasteiger partial charge in [0.1, 0.15) is 10.6 Å². The first-order chi connectivity index (χ1) is 9.76. The topological polar surface area (TPSA) is 63.9 Å². The van der Waals surface area contributed by atoms with E-state index < -0.39 is 0 Å². The minimum atomic E-state index is 0.264. The monoisotopic (exact) mass is 305 g/mol. The zero-order valence-electron chi connectivity index (χ0n) is 10.6. The van der Waals surface area contributed by atoms with E-state index in [0.717, 1.165) is 21.2 Å². The highest BCUT2D eigenvalue weighted by atomic mass is 32.1. The third kappa shape index (κ3) is 2.63. The number of aromatic amines is 1. The van der Waals surface area contributed by atoms with Crippen molar-refractivity contribution in [2.75, 3.05) is 7.11 Å². The molecule has 2 aromatic heterocycles. The number of nitrogens with one attached hydrogen (secondary N) is 1. The molecule has 20 heavy (non-hydrogen) atoms. The Morgan fingerprint density at radius 1 is 1.40 bits per heavy atom. The highest BCUT2D eigenvalue weighted by Crippen LogP contribution is 2.28. The summed E-state index contributed by atoms with van der Waals surface area (Å²) in [5, 5.41) is 7.56. The number of benzene rings is 1. The van der Waals surface area contributed by atoms with Crippen LogP contribution < -0.4 is 4.74 Å². The van der Waals surface area contributed by atoms with Crippen LogP contribution in [-0.2, 0) is 6.42 Å². The van der Waals surface area contributed by atoms with Gasteiger partial charge in [-0.2, -0.15) is 0 Å². The molecule has 0 unspecified atom stereocenters. The van der Waals surface area contributed by atoms with Gasteiger partial charge in [-0.3, -0.25) is 0 Å². The Balaban J connectivity index is 1.86. The summed E-state index contributed by atoms with van der Waals surface area (Å²) in [6.07, 6.45) is 2.45. The summed E-state index contributed by atoms with van der Waals surface area (Å²) in [7, 11) is 1.67. The number of ether oxygens (including phenoxy) is 1. The fourth-order valence-corrected chi connectivity index (χ4v) is 2.83. The van der Waals surface area contributed by atoms with E-state index in [1.165, 1.54) is 11.3 Å². The second-order valence-electron chi connectivity index (χ2n) is 4.03. The van der Waals surface area contributed by atoms with Crippen molar-refractivity contribution in [2.45, 2.75) is 6.42 Å². The Morgan fingerprint density at radius 2 is 2.25 bits per heavy atom. The van der Waals surface area contributed by atoms with Crippen molar-refractivity contribution >= 4 is 23.6 Å². The molecule has 0 aliphatic heterocycles. The van der Waals surface area contributed by atoms with Gasteiger partial charge in [0.15, 0.2) is 0 Å². The number of para-hydroxylation sites is 1. The maximum absolute atomic E-state index is 5.34. The standard InChI is InChI=1S/C13H11N3O2S2/c1-17-9-5-3-2-4-8(9)6-11-14-7-10(20-11)12-15-16-13(19)18-12/h2-5,7H,6H2,1H3,(H,16,19). The number of aromatic nitrogens is 3. The van der Waals surface area contributed by atoms with Crippen LogP contribution in [0.1, 0.15) is 10.6 Å². The summed E-state index contributed by atoms with van der Waals surface area (Å²) in [4.78, 5) is 5.50. The fourth-order valence-electron chi connectivity index (χ4n) is 1.84. The van der Waals surface area contributed by atoms with Gasteiger partial charge >= 0.3 is 0 Å². The van der Waals surface area contributed by atoms with E-state index in [9.17, 15) is 0 Å². The van der Waals surface area contributed by atoms with Crippen molar-refractivity contribution in [1.29, 1.82) is 0 Å². The average molecular weight is 305 g/mol. The number of rotatable bonds is 4. The Labute approximate surface area is 124 Å². The van der Waals surface area contributed by atoms with Gasteiger partial charge in [0.2, 0.25) is 0 Å². The van der Waals surface area contributed by atoms with Crippen LogP contribution in [-0.4, -0.2) is 22.3 Å². The third-order valence-corrected chi connectivity index (χ3v) is 3.90. The Bertz CT molecular complexity index is 776. The first kappa shape index (κ1) is 13.0. The number of H-pyrrole nitrogens is 1. The van der Waals surface area contributed by atoms with Gasteiger partial charge in [0.05, 0.1) is 18.3 Å². The molecule has 102 valence electrons. The SMILES string of the molecule is COc1ccccc1Cc1ncc(-c2n[nH]c(=S)o2)s1. The molecule has 0 spiro atoms. The highest BCUT2D eigenvalue weighted by molar-refractivity contribution is 7.71. The summed E-state index contributed by atoms with van der Waals surface area (Å²) in [5.41, 5.74) is 1.10. The predicted molar refractivity (Wildman–Crippen MR) is 78.6 cm³/mol. The van der Waals surface area contributed by atoms with Crippen molar-refractivity contribution in [3.8, 4) is 16.5 Å². The summed E-state index contributed by atoms with van der Waals surface area (Å²) in [5.74, 6) is 1.33. The van der Waals surface area contributed by atoms with Crippen LogP contribution in [0.3, 0.4) is 0 Å². The molecule has 1 N–H and O–H groups in total. The van der Waals surface area contributed by atoms with Crippen molar-refractivity contribution in [1.82, 2.24) is 15.2 Å². The van der Waals surface area contributed by atoms with Crippen LogP contribution in [0.2, 0.25) is 0 Å². The lowest BCUT2D eigenvalue weighted by Gasteiger charge is -2.05. The second kappa shape index (κ2) is 5.56. The zero-order chi connectivity index (χ0) is 13.9. The minimum absolute atomic E-state index is 0.264. The quantitative estimate of drug-likeness (QED) is 0.748. The molecule has 2 heterocycles. The smallest absolute Gasteiger partial charge is 0.284 e. The molecule has 5 nitrogen and oxygen atoms in total. The number of thiazole rings is 1. The van der Waals surface area contributed by atoms with Crippen LogP contribution >= 0.6 is 23.6 Å².